The average Bonchev–Trinajstić information content (AvgIpc) is 2.87. The van der Waals surface area contributed by atoms with Crippen molar-refractivity contribution >= 4 is 16.9 Å². The minimum atomic E-state index is 0.573. The van der Waals surface area contributed by atoms with Gasteiger partial charge in [0.15, 0.2) is 5.17 Å². The molecule has 96 valence electrons. The number of hydrogen-bond acceptors (Lipinski definition) is 3. The maximum atomic E-state index is 4.84. The van der Waals surface area contributed by atoms with Crippen molar-refractivity contribution in [2.45, 2.75) is 63.8 Å². The molecule has 1 aliphatic heterocycles. The Labute approximate surface area is 109 Å². The molecule has 0 aromatic heterocycles. The van der Waals surface area contributed by atoms with E-state index < -0.39 is 0 Å². The molecule has 0 atom stereocenters. The first-order valence-electron chi connectivity index (χ1n) is 7.30. The SMILES string of the molecule is C1CCC2(CC1)CN=C(NC1CCCC1)SC2. The Morgan fingerprint density at radius 3 is 2.47 bits per heavy atom. The zero-order valence-electron chi connectivity index (χ0n) is 10.7. The fourth-order valence-corrected chi connectivity index (χ4v) is 4.72. The van der Waals surface area contributed by atoms with Gasteiger partial charge in [-0.15, -0.1) is 0 Å². The van der Waals surface area contributed by atoms with E-state index in [1.807, 2.05) is 11.8 Å². The summed E-state index contributed by atoms with van der Waals surface area (Å²) in [6.45, 7) is 1.09. The second-order valence-corrected chi connectivity index (χ2v) is 7.06. The van der Waals surface area contributed by atoms with Gasteiger partial charge in [-0.2, -0.15) is 0 Å². The Morgan fingerprint density at radius 2 is 1.82 bits per heavy atom. The molecule has 0 saturated heterocycles. The lowest BCUT2D eigenvalue weighted by Crippen LogP contribution is -2.39. The monoisotopic (exact) mass is 252 g/mol. The molecule has 2 aliphatic carbocycles. The van der Waals surface area contributed by atoms with Crippen molar-refractivity contribution in [2.24, 2.45) is 10.4 Å². The highest BCUT2D eigenvalue weighted by atomic mass is 32.2. The quantitative estimate of drug-likeness (QED) is 0.771. The predicted molar refractivity (Wildman–Crippen MR) is 75.7 cm³/mol. The molecule has 2 nitrogen and oxygen atoms in total. The number of hydrogen-bond donors (Lipinski definition) is 1. The number of aliphatic imine (C=N–C) groups is 1. The molecule has 3 aliphatic rings. The number of amidine groups is 1. The summed E-state index contributed by atoms with van der Waals surface area (Å²) >= 11 is 1.99. The summed E-state index contributed by atoms with van der Waals surface area (Å²) in [6.07, 6.45) is 12.7. The second kappa shape index (κ2) is 5.21. The second-order valence-electron chi connectivity index (χ2n) is 6.10. The number of rotatable bonds is 1. The van der Waals surface area contributed by atoms with Gasteiger partial charge in [-0.3, -0.25) is 4.99 Å². The van der Waals surface area contributed by atoms with E-state index in [0.29, 0.717) is 5.41 Å². The Hall–Kier alpha value is -0.180. The van der Waals surface area contributed by atoms with Crippen molar-refractivity contribution in [3.8, 4) is 0 Å². The van der Waals surface area contributed by atoms with E-state index in [1.165, 1.54) is 68.7 Å². The van der Waals surface area contributed by atoms with Crippen LogP contribution in [0.25, 0.3) is 0 Å². The molecular formula is C14H24N2S. The number of thioether (sulfide) groups is 1. The van der Waals surface area contributed by atoms with Crippen molar-refractivity contribution in [1.29, 1.82) is 0 Å². The van der Waals surface area contributed by atoms with Gasteiger partial charge in [-0.25, -0.2) is 0 Å². The third kappa shape index (κ3) is 2.81. The fourth-order valence-electron chi connectivity index (χ4n) is 3.49. The minimum Gasteiger partial charge on any atom is -0.362 e. The third-order valence-electron chi connectivity index (χ3n) is 4.67. The van der Waals surface area contributed by atoms with E-state index in [2.05, 4.69) is 5.32 Å². The van der Waals surface area contributed by atoms with Crippen LogP contribution in [0.4, 0.5) is 0 Å². The van der Waals surface area contributed by atoms with Gasteiger partial charge in [-0.05, 0) is 31.1 Å². The van der Waals surface area contributed by atoms with Crippen LogP contribution in [-0.4, -0.2) is 23.5 Å². The van der Waals surface area contributed by atoms with Crippen LogP contribution in [0.5, 0.6) is 0 Å². The van der Waals surface area contributed by atoms with Gasteiger partial charge in [0.25, 0.3) is 0 Å². The smallest absolute Gasteiger partial charge is 0.156 e. The highest BCUT2D eigenvalue weighted by molar-refractivity contribution is 8.13. The first-order chi connectivity index (χ1) is 8.36. The highest BCUT2D eigenvalue weighted by Gasteiger charge is 2.35. The molecule has 0 amide bonds. The summed E-state index contributed by atoms with van der Waals surface area (Å²) in [4.78, 5) is 4.84. The maximum Gasteiger partial charge on any atom is 0.156 e. The molecule has 1 spiro atoms. The zero-order valence-corrected chi connectivity index (χ0v) is 11.5. The molecular weight excluding hydrogens is 228 g/mol. The van der Waals surface area contributed by atoms with Gasteiger partial charge in [0, 0.05) is 18.3 Å². The summed E-state index contributed by atoms with van der Waals surface area (Å²) in [6, 6.07) is 0.724. The van der Waals surface area contributed by atoms with Crippen LogP contribution >= 0.6 is 11.8 Å². The van der Waals surface area contributed by atoms with E-state index in [0.717, 1.165) is 12.6 Å². The standard InChI is InChI=1S/C14H24N2S/c1-4-8-14(9-5-1)10-15-13(17-11-14)16-12-6-2-3-7-12/h12H,1-11H2,(H,15,16). The molecule has 2 fully saturated rings. The molecule has 0 unspecified atom stereocenters. The van der Waals surface area contributed by atoms with Crippen molar-refractivity contribution in [3.63, 3.8) is 0 Å². The van der Waals surface area contributed by atoms with Crippen molar-refractivity contribution in [1.82, 2.24) is 5.32 Å². The summed E-state index contributed by atoms with van der Waals surface area (Å²) in [7, 11) is 0. The minimum absolute atomic E-state index is 0.573. The number of nitrogens with zero attached hydrogens (tertiary/aromatic N) is 1. The van der Waals surface area contributed by atoms with Gasteiger partial charge < -0.3 is 5.32 Å². The van der Waals surface area contributed by atoms with Crippen LogP contribution in [0.2, 0.25) is 0 Å². The zero-order chi connectivity index (χ0) is 11.6. The molecule has 0 aromatic rings. The van der Waals surface area contributed by atoms with Crippen LogP contribution < -0.4 is 5.32 Å². The first-order valence-corrected chi connectivity index (χ1v) is 8.29. The third-order valence-corrected chi connectivity index (χ3v) is 5.95. The van der Waals surface area contributed by atoms with Crippen LogP contribution in [0, 0.1) is 5.41 Å². The lowest BCUT2D eigenvalue weighted by atomic mass is 9.75. The van der Waals surface area contributed by atoms with E-state index in [9.17, 15) is 0 Å². The summed E-state index contributed by atoms with van der Waals surface area (Å²) in [5, 5.41) is 4.90. The molecule has 3 rings (SSSR count). The van der Waals surface area contributed by atoms with E-state index in [4.69, 9.17) is 4.99 Å². The normalized spacial score (nSPS) is 29.3. The highest BCUT2D eigenvalue weighted by Crippen LogP contribution is 2.41. The predicted octanol–water partition coefficient (Wildman–Crippen LogP) is 3.57. The maximum absolute atomic E-state index is 4.84. The Morgan fingerprint density at radius 1 is 1.06 bits per heavy atom. The first kappa shape index (κ1) is 11.9. The van der Waals surface area contributed by atoms with Gasteiger partial charge in [0.1, 0.15) is 0 Å². The summed E-state index contributed by atoms with van der Waals surface area (Å²) < 4.78 is 0. The summed E-state index contributed by atoms with van der Waals surface area (Å²) in [5.41, 5.74) is 0.573. The molecule has 0 aromatic carbocycles. The van der Waals surface area contributed by atoms with E-state index in [-0.39, 0.29) is 0 Å². The van der Waals surface area contributed by atoms with E-state index >= 15 is 0 Å². The van der Waals surface area contributed by atoms with Crippen molar-refractivity contribution < 1.29 is 0 Å². The van der Waals surface area contributed by atoms with Crippen LogP contribution in [0.1, 0.15) is 57.8 Å². The Bertz CT molecular complexity index is 289. The molecule has 17 heavy (non-hydrogen) atoms. The molecule has 1 heterocycles. The van der Waals surface area contributed by atoms with Gasteiger partial charge in [0.05, 0.1) is 0 Å². The molecule has 0 radical (unpaired) electrons. The fraction of sp³-hybridized carbons (Fsp3) is 0.929. The van der Waals surface area contributed by atoms with Gasteiger partial charge >= 0.3 is 0 Å². The summed E-state index contributed by atoms with van der Waals surface area (Å²) in [5.74, 6) is 1.31. The molecule has 1 N–H and O–H groups in total. The topological polar surface area (TPSA) is 24.4 Å². The van der Waals surface area contributed by atoms with Crippen LogP contribution in [-0.2, 0) is 0 Å². The van der Waals surface area contributed by atoms with Gasteiger partial charge in [0.2, 0.25) is 0 Å². The largest absolute Gasteiger partial charge is 0.362 e. The molecule has 2 saturated carbocycles. The van der Waals surface area contributed by atoms with E-state index in [1.54, 1.807) is 0 Å². The van der Waals surface area contributed by atoms with Crippen molar-refractivity contribution in [3.05, 3.63) is 0 Å². The Balaban J connectivity index is 1.55. The lowest BCUT2D eigenvalue weighted by Gasteiger charge is -2.38. The Kier molecular flexibility index (Phi) is 3.64. The van der Waals surface area contributed by atoms with Crippen molar-refractivity contribution in [2.75, 3.05) is 12.3 Å². The molecule has 0 bridgehead atoms. The van der Waals surface area contributed by atoms with Crippen LogP contribution in [0.15, 0.2) is 4.99 Å². The average molecular weight is 252 g/mol. The molecule has 3 heteroatoms. The van der Waals surface area contributed by atoms with Crippen LogP contribution in [0.3, 0.4) is 0 Å². The lowest BCUT2D eigenvalue weighted by molar-refractivity contribution is 0.232. The van der Waals surface area contributed by atoms with Gasteiger partial charge in [-0.1, -0.05) is 43.9 Å². The number of nitrogens with one attached hydrogen (secondary N) is 1.